The van der Waals surface area contributed by atoms with Gasteiger partial charge in [0.15, 0.2) is 5.82 Å². The summed E-state index contributed by atoms with van der Waals surface area (Å²) in [6.07, 6.45) is 0. The second-order valence-corrected chi connectivity index (χ2v) is 16.2. The molecule has 12 aromatic rings. The zero-order valence-corrected chi connectivity index (χ0v) is 33.1. The van der Waals surface area contributed by atoms with Crippen molar-refractivity contribution in [3.63, 3.8) is 0 Å². The quantitative estimate of drug-likeness (QED) is 0.169. The smallest absolute Gasteiger partial charge is 0.160 e. The molecule has 0 bridgehead atoms. The average molecular weight is 783 g/mol. The Bertz CT molecular complexity index is 3530. The van der Waals surface area contributed by atoms with Crippen LogP contribution in [0.3, 0.4) is 0 Å². The Morgan fingerprint density at radius 1 is 0.367 bits per heavy atom. The van der Waals surface area contributed by atoms with E-state index < -0.39 is 0 Å². The average Bonchev–Trinajstić information content (AvgIpc) is 3.89. The molecule has 0 saturated heterocycles. The van der Waals surface area contributed by atoms with Crippen LogP contribution in [-0.2, 0) is 0 Å². The normalized spacial score (nSPS) is 11.7. The summed E-state index contributed by atoms with van der Waals surface area (Å²) in [6.45, 7) is 0. The van der Waals surface area contributed by atoms with Crippen LogP contribution >= 0.6 is 11.3 Å². The van der Waals surface area contributed by atoms with Crippen molar-refractivity contribution in [2.45, 2.75) is 0 Å². The molecule has 0 saturated carbocycles. The number of benzene rings is 8. The van der Waals surface area contributed by atoms with Crippen LogP contribution in [0.2, 0.25) is 0 Å². The Labute approximate surface area is 350 Å². The lowest BCUT2D eigenvalue weighted by atomic mass is 9.94. The van der Waals surface area contributed by atoms with Crippen LogP contribution in [0.5, 0.6) is 0 Å². The van der Waals surface area contributed by atoms with Gasteiger partial charge in [-0.1, -0.05) is 170 Å². The molecule has 0 radical (unpaired) electrons. The first kappa shape index (κ1) is 34.3. The highest BCUT2D eigenvalue weighted by molar-refractivity contribution is 7.24. The number of aromatic nitrogens is 4. The number of pyridine rings is 1. The van der Waals surface area contributed by atoms with Gasteiger partial charge in [-0.2, -0.15) is 0 Å². The number of hydrogen-bond donors (Lipinski definition) is 0. The van der Waals surface area contributed by atoms with Crippen LogP contribution in [0.15, 0.2) is 206 Å². The van der Waals surface area contributed by atoms with Crippen LogP contribution in [0, 0.1) is 0 Å². The Morgan fingerprint density at radius 3 is 1.60 bits per heavy atom. The number of nitrogens with zero attached hydrogens (tertiary/aromatic N) is 4. The zero-order valence-electron chi connectivity index (χ0n) is 32.3. The summed E-state index contributed by atoms with van der Waals surface area (Å²) in [5, 5.41) is 5.84. The van der Waals surface area contributed by atoms with E-state index in [1.54, 1.807) is 0 Å². The van der Waals surface area contributed by atoms with Gasteiger partial charge in [0.1, 0.15) is 0 Å². The van der Waals surface area contributed by atoms with E-state index in [-0.39, 0.29) is 0 Å². The van der Waals surface area contributed by atoms with E-state index in [0.717, 1.165) is 77.9 Å². The Kier molecular flexibility index (Phi) is 8.00. The third kappa shape index (κ3) is 5.55. The van der Waals surface area contributed by atoms with Gasteiger partial charge in [-0.3, -0.25) is 0 Å². The molecular weight excluding hydrogens is 749 g/mol. The predicted molar refractivity (Wildman–Crippen MR) is 252 cm³/mol. The van der Waals surface area contributed by atoms with E-state index in [1.165, 1.54) is 36.9 Å². The molecule has 12 rings (SSSR count). The molecule has 8 aromatic carbocycles. The van der Waals surface area contributed by atoms with Gasteiger partial charge in [0, 0.05) is 64.4 Å². The molecule has 0 fully saturated rings. The minimum absolute atomic E-state index is 0.719. The van der Waals surface area contributed by atoms with Crippen LogP contribution in [0.25, 0.3) is 115 Å². The first-order valence-electron chi connectivity index (χ1n) is 20.2. The highest BCUT2D eigenvalue weighted by Crippen LogP contribution is 2.50. The van der Waals surface area contributed by atoms with Crippen molar-refractivity contribution in [1.82, 2.24) is 19.5 Å². The molecular formula is C55H34N4S. The summed E-state index contributed by atoms with van der Waals surface area (Å²) < 4.78 is 3.63. The Morgan fingerprint density at radius 2 is 0.900 bits per heavy atom. The number of hydrogen-bond acceptors (Lipinski definition) is 4. The maximum Gasteiger partial charge on any atom is 0.160 e. The van der Waals surface area contributed by atoms with E-state index in [2.05, 4.69) is 187 Å². The van der Waals surface area contributed by atoms with Gasteiger partial charge in [-0.15, -0.1) is 11.3 Å². The summed E-state index contributed by atoms with van der Waals surface area (Å²) in [5.74, 6) is 0.719. The van der Waals surface area contributed by atoms with Crippen LogP contribution in [-0.4, -0.2) is 19.5 Å². The molecule has 0 N–H and O–H groups in total. The zero-order chi connectivity index (χ0) is 39.6. The lowest BCUT2D eigenvalue weighted by Crippen LogP contribution is -1.95. The van der Waals surface area contributed by atoms with Gasteiger partial charge in [-0.05, 0) is 47.5 Å². The minimum atomic E-state index is 0.719. The SMILES string of the molecule is c1ccc(-c2nc(-c3ccc(-c4sc5c(c(-c6ccccc6)nc6ccccc65)c4-c4cccc(-n5c6ccccc6c6ccccc65)c4)cc3)c3ccccc3n2)cc1. The molecule has 0 unspecified atom stereocenters. The van der Waals surface area contributed by atoms with Crippen LogP contribution in [0.4, 0.5) is 0 Å². The summed E-state index contributed by atoms with van der Waals surface area (Å²) in [4.78, 5) is 16.8. The predicted octanol–water partition coefficient (Wildman–Crippen LogP) is 14.8. The first-order valence-corrected chi connectivity index (χ1v) is 21.0. The van der Waals surface area contributed by atoms with E-state index in [0.29, 0.717) is 0 Å². The van der Waals surface area contributed by atoms with Crippen molar-refractivity contribution >= 4 is 65.0 Å². The molecule has 0 aliphatic rings. The molecule has 0 aliphatic carbocycles. The van der Waals surface area contributed by atoms with E-state index in [4.69, 9.17) is 15.0 Å². The lowest BCUT2D eigenvalue weighted by Gasteiger charge is -2.14. The van der Waals surface area contributed by atoms with Gasteiger partial charge in [0.05, 0.1) is 33.5 Å². The summed E-state index contributed by atoms with van der Waals surface area (Å²) in [7, 11) is 0. The highest BCUT2D eigenvalue weighted by atomic mass is 32.1. The number of fused-ring (bicyclic) bond motifs is 7. The molecule has 60 heavy (non-hydrogen) atoms. The van der Waals surface area contributed by atoms with Gasteiger partial charge in [-0.25, -0.2) is 15.0 Å². The fourth-order valence-electron chi connectivity index (χ4n) is 8.86. The van der Waals surface area contributed by atoms with Gasteiger partial charge in [0.2, 0.25) is 0 Å². The topological polar surface area (TPSA) is 43.6 Å². The number of rotatable bonds is 6. The van der Waals surface area contributed by atoms with Crippen molar-refractivity contribution in [2.24, 2.45) is 0 Å². The molecule has 280 valence electrons. The fourth-order valence-corrected chi connectivity index (χ4v) is 10.2. The minimum Gasteiger partial charge on any atom is -0.309 e. The summed E-state index contributed by atoms with van der Waals surface area (Å²) in [6, 6.07) is 73.1. The third-order valence-corrected chi connectivity index (χ3v) is 12.9. The number of para-hydroxylation sites is 4. The van der Waals surface area contributed by atoms with E-state index >= 15 is 0 Å². The molecule has 0 aliphatic heterocycles. The van der Waals surface area contributed by atoms with Crippen molar-refractivity contribution in [3.05, 3.63) is 206 Å². The largest absolute Gasteiger partial charge is 0.309 e. The highest BCUT2D eigenvalue weighted by Gasteiger charge is 2.24. The molecule has 0 amide bonds. The first-order chi connectivity index (χ1) is 29.8. The van der Waals surface area contributed by atoms with Crippen molar-refractivity contribution < 1.29 is 0 Å². The second-order valence-electron chi connectivity index (χ2n) is 15.1. The van der Waals surface area contributed by atoms with Crippen molar-refractivity contribution in [3.8, 4) is 61.2 Å². The standard InChI is InChI=1S/C55H34N4S/c1-3-16-35(17-4-1)52-50-49(39-20-15-21-40(34-39)59-47-28-13-9-22-41(47)42-23-10-14-29-48(42)59)53(60-54(50)44-25-8-12-27-46(44)56-52)37-32-30-36(31-33-37)51-43-24-7-11-26-45(43)57-55(58-51)38-18-5-2-6-19-38/h1-34H. The maximum atomic E-state index is 5.42. The summed E-state index contributed by atoms with van der Waals surface area (Å²) in [5.41, 5.74) is 13.9. The van der Waals surface area contributed by atoms with Crippen molar-refractivity contribution in [1.29, 1.82) is 0 Å². The molecule has 0 atom stereocenters. The molecule has 4 heterocycles. The van der Waals surface area contributed by atoms with Gasteiger partial charge in [0.25, 0.3) is 0 Å². The third-order valence-electron chi connectivity index (χ3n) is 11.6. The van der Waals surface area contributed by atoms with E-state index in [1.807, 2.05) is 35.6 Å². The van der Waals surface area contributed by atoms with Gasteiger partial charge >= 0.3 is 0 Å². The Hall–Kier alpha value is -7.73. The fraction of sp³-hybridized carbons (Fsp3) is 0. The number of thiophene rings is 1. The monoisotopic (exact) mass is 782 g/mol. The lowest BCUT2D eigenvalue weighted by molar-refractivity contribution is 1.18. The Balaban J connectivity index is 1.11. The van der Waals surface area contributed by atoms with Crippen LogP contribution < -0.4 is 0 Å². The maximum absolute atomic E-state index is 5.42. The molecule has 4 nitrogen and oxygen atoms in total. The second kappa shape index (κ2) is 14.0. The molecule has 4 aromatic heterocycles. The van der Waals surface area contributed by atoms with Crippen LogP contribution in [0.1, 0.15) is 0 Å². The van der Waals surface area contributed by atoms with E-state index in [9.17, 15) is 0 Å². The molecule has 5 heteroatoms. The summed E-state index contributed by atoms with van der Waals surface area (Å²) >= 11 is 1.85. The molecule has 0 spiro atoms. The van der Waals surface area contributed by atoms with Crippen molar-refractivity contribution in [2.75, 3.05) is 0 Å². The van der Waals surface area contributed by atoms with Gasteiger partial charge < -0.3 is 4.57 Å².